The third kappa shape index (κ3) is 3.61. The molecular formula is C16H11N3O5S. The summed E-state index contributed by atoms with van der Waals surface area (Å²) in [5, 5.41) is 10.3. The van der Waals surface area contributed by atoms with Gasteiger partial charge >= 0.3 is 5.97 Å². The van der Waals surface area contributed by atoms with E-state index in [9.17, 15) is 19.2 Å². The van der Waals surface area contributed by atoms with Crippen molar-refractivity contribution in [1.82, 2.24) is 15.5 Å². The fraction of sp³-hybridized carbons (Fsp3) is 0.0625. The lowest BCUT2D eigenvalue weighted by Crippen LogP contribution is -2.33. The highest BCUT2D eigenvalue weighted by Crippen LogP contribution is 2.13. The molecule has 2 heterocycles. The van der Waals surface area contributed by atoms with Gasteiger partial charge in [-0.05, 0) is 17.5 Å². The van der Waals surface area contributed by atoms with Gasteiger partial charge in [-0.25, -0.2) is 9.89 Å². The van der Waals surface area contributed by atoms with Crippen LogP contribution in [0.3, 0.4) is 0 Å². The van der Waals surface area contributed by atoms with Gasteiger partial charge in [0.1, 0.15) is 0 Å². The normalized spacial score (nSPS) is 10.4. The van der Waals surface area contributed by atoms with Crippen LogP contribution >= 0.6 is 11.3 Å². The standard InChI is InChI=1S/C16H11N3O5S/c20-12(17-15(22)11-6-3-7-25-11)8-24-16(23)13-9-4-1-2-5-10(9)14(21)19-18-13/h1-7H,8H2,(H,19,21)(H,17,20,22). The van der Waals surface area contributed by atoms with Gasteiger partial charge in [-0.2, -0.15) is 5.10 Å². The molecular weight excluding hydrogens is 346 g/mol. The highest BCUT2D eigenvalue weighted by atomic mass is 32.1. The number of esters is 1. The number of ether oxygens (including phenoxy) is 1. The summed E-state index contributed by atoms with van der Waals surface area (Å²) in [5.41, 5.74) is -0.556. The number of rotatable bonds is 4. The molecule has 0 bridgehead atoms. The Morgan fingerprint density at radius 3 is 2.60 bits per heavy atom. The molecule has 2 amide bonds. The van der Waals surface area contributed by atoms with Gasteiger partial charge in [0.05, 0.1) is 10.3 Å². The zero-order valence-electron chi connectivity index (χ0n) is 12.6. The number of amides is 2. The Morgan fingerprint density at radius 1 is 1.12 bits per heavy atom. The zero-order valence-corrected chi connectivity index (χ0v) is 13.5. The van der Waals surface area contributed by atoms with Gasteiger partial charge < -0.3 is 4.74 Å². The van der Waals surface area contributed by atoms with Crippen molar-refractivity contribution in [2.24, 2.45) is 0 Å². The molecule has 0 aliphatic rings. The Kier molecular flexibility index (Phi) is 4.66. The van der Waals surface area contributed by atoms with Crippen LogP contribution in [0.4, 0.5) is 0 Å². The average Bonchev–Trinajstić information content (AvgIpc) is 3.15. The number of fused-ring (bicyclic) bond motifs is 1. The van der Waals surface area contributed by atoms with Crippen molar-refractivity contribution < 1.29 is 19.1 Å². The number of hydrogen-bond acceptors (Lipinski definition) is 7. The van der Waals surface area contributed by atoms with Crippen LogP contribution in [-0.2, 0) is 9.53 Å². The molecule has 0 saturated heterocycles. The SMILES string of the molecule is O=C(COC(=O)c1n[nH]c(=O)c2ccccc12)NC(=O)c1cccs1. The Labute approximate surface area is 144 Å². The smallest absolute Gasteiger partial charge is 0.359 e. The Morgan fingerprint density at radius 2 is 1.88 bits per heavy atom. The lowest BCUT2D eigenvalue weighted by Gasteiger charge is -2.06. The van der Waals surface area contributed by atoms with E-state index in [1.165, 1.54) is 11.3 Å². The molecule has 0 radical (unpaired) electrons. The zero-order chi connectivity index (χ0) is 17.8. The predicted octanol–water partition coefficient (Wildman–Crippen LogP) is 1.10. The van der Waals surface area contributed by atoms with E-state index in [1.807, 2.05) is 0 Å². The summed E-state index contributed by atoms with van der Waals surface area (Å²) in [6, 6.07) is 9.63. The molecule has 0 fully saturated rings. The molecule has 0 spiro atoms. The van der Waals surface area contributed by atoms with Gasteiger partial charge in [-0.15, -0.1) is 11.3 Å². The molecule has 2 N–H and O–H groups in total. The molecule has 3 aromatic rings. The molecule has 0 aliphatic carbocycles. The van der Waals surface area contributed by atoms with Crippen LogP contribution in [0.2, 0.25) is 0 Å². The molecule has 126 valence electrons. The summed E-state index contributed by atoms with van der Waals surface area (Å²) in [7, 11) is 0. The maximum absolute atomic E-state index is 12.1. The minimum Gasteiger partial charge on any atom is -0.451 e. The number of hydrogen-bond donors (Lipinski definition) is 2. The minimum absolute atomic E-state index is 0.118. The second-order valence-corrected chi connectivity index (χ2v) is 5.83. The number of carbonyl (C=O) groups excluding carboxylic acids is 3. The van der Waals surface area contributed by atoms with Crippen LogP contribution in [0.25, 0.3) is 10.8 Å². The maximum atomic E-state index is 12.1. The molecule has 1 aromatic carbocycles. The van der Waals surface area contributed by atoms with Crippen molar-refractivity contribution in [3.8, 4) is 0 Å². The lowest BCUT2D eigenvalue weighted by atomic mass is 10.1. The van der Waals surface area contributed by atoms with Crippen LogP contribution in [0.15, 0.2) is 46.6 Å². The predicted molar refractivity (Wildman–Crippen MR) is 89.4 cm³/mol. The number of carbonyl (C=O) groups is 3. The molecule has 0 atom stereocenters. The highest BCUT2D eigenvalue weighted by molar-refractivity contribution is 7.12. The van der Waals surface area contributed by atoms with Gasteiger partial charge in [0.15, 0.2) is 12.3 Å². The molecule has 8 nitrogen and oxygen atoms in total. The summed E-state index contributed by atoms with van der Waals surface area (Å²) >= 11 is 1.18. The van der Waals surface area contributed by atoms with Crippen molar-refractivity contribution in [3.05, 3.63) is 62.7 Å². The van der Waals surface area contributed by atoms with Crippen molar-refractivity contribution in [1.29, 1.82) is 0 Å². The average molecular weight is 357 g/mol. The van der Waals surface area contributed by atoms with E-state index in [0.717, 1.165) is 0 Å². The number of aromatic nitrogens is 2. The van der Waals surface area contributed by atoms with Crippen LogP contribution in [0.5, 0.6) is 0 Å². The maximum Gasteiger partial charge on any atom is 0.359 e. The first-order valence-electron chi connectivity index (χ1n) is 7.08. The number of H-pyrrole nitrogens is 1. The molecule has 0 unspecified atom stereocenters. The fourth-order valence-corrected chi connectivity index (χ4v) is 2.72. The number of aromatic amines is 1. The molecule has 0 aliphatic heterocycles. The van der Waals surface area contributed by atoms with Gasteiger partial charge in [-0.1, -0.05) is 24.3 Å². The number of benzene rings is 1. The van der Waals surface area contributed by atoms with Gasteiger partial charge in [-0.3, -0.25) is 19.7 Å². The summed E-state index contributed by atoms with van der Waals surface area (Å²) in [4.78, 5) is 47.6. The van der Waals surface area contributed by atoms with Crippen molar-refractivity contribution in [2.75, 3.05) is 6.61 Å². The third-order valence-corrected chi connectivity index (χ3v) is 4.09. The van der Waals surface area contributed by atoms with E-state index in [0.29, 0.717) is 10.3 Å². The summed E-state index contributed by atoms with van der Waals surface area (Å²) in [6.07, 6.45) is 0. The number of nitrogens with zero attached hydrogens (tertiary/aromatic N) is 1. The van der Waals surface area contributed by atoms with Crippen LogP contribution in [0.1, 0.15) is 20.2 Å². The van der Waals surface area contributed by atoms with E-state index in [4.69, 9.17) is 4.74 Å². The summed E-state index contributed by atoms with van der Waals surface area (Å²) in [5.74, 6) is -2.21. The molecule has 25 heavy (non-hydrogen) atoms. The van der Waals surface area contributed by atoms with E-state index in [-0.39, 0.29) is 11.1 Å². The monoisotopic (exact) mass is 357 g/mol. The van der Waals surface area contributed by atoms with Crippen molar-refractivity contribution in [3.63, 3.8) is 0 Å². The van der Waals surface area contributed by atoms with E-state index in [1.54, 1.807) is 41.8 Å². The van der Waals surface area contributed by atoms with E-state index in [2.05, 4.69) is 15.5 Å². The Hall–Kier alpha value is -3.33. The van der Waals surface area contributed by atoms with Gasteiger partial charge in [0.25, 0.3) is 17.4 Å². The van der Waals surface area contributed by atoms with Crippen LogP contribution in [-0.4, -0.2) is 34.6 Å². The topological polar surface area (TPSA) is 118 Å². The van der Waals surface area contributed by atoms with Gasteiger partial charge in [0, 0.05) is 5.39 Å². The Balaban J connectivity index is 1.67. The Bertz CT molecular complexity index is 1010. The number of thiophene rings is 1. The second-order valence-electron chi connectivity index (χ2n) is 4.88. The quantitative estimate of drug-likeness (QED) is 0.675. The summed E-state index contributed by atoms with van der Waals surface area (Å²) < 4.78 is 4.87. The lowest BCUT2D eigenvalue weighted by molar-refractivity contribution is -0.123. The second kappa shape index (κ2) is 7.05. The molecule has 3 rings (SSSR count). The first-order valence-corrected chi connectivity index (χ1v) is 7.96. The molecule has 0 saturated carbocycles. The van der Waals surface area contributed by atoms with Crippen LogP contribution in [0, 0.1) is 0 Å². The van der Waals surface area contributed by atoms with E-state index >= 15 is 0 Å². The first kappa shape index (κ1) is 16.5. The molecule has 9 heteroatoms. The molecule has 2 aromatic heterocycles. The van der Waals surface area contributed by atoms with Crippen molar-refractivity contribution >= 4 is 39.9 Å². The van der Waals surface area contributed by atoms with E-state index < -0.39 is 29.9 Å². The first-order chi connectivity index (χ1) is 12.1. The van der Waals surface area contributed by atoms with Gasteiger partial charge in [0.2, 0.25) is 0 Å². The fourth-order valence-electron chi connectivity index (χ4n) is 2.10. The number of nitrogens with one attached hydrogen (secondary N) is 2. The number of imide groups is 1. The minimum atomic E-state index is -0.883. The highest BCUT2D eigenvalue weighted by Gasteiger charge is 2.18. The van der Waals surface area contributed by atoms with Crippen LogP contribution < -0.4 is 10.9 Å². The largest absolute Gasteiger partial charge is 0.451 e. The summed E-state index contributed by atoms with van der Waals surface area (Å²) in [6.45, 7) is -0.648. The van der Waals surface area contributed by atoms with Crippen molar-refractivity contribution in [2.45, 2.75) is 0 Å². The third-order valence-electron chi connectivity index (χ3n) is 3.22.